The van der Waals surface area contributed by atoms with Gasteiger partial charge in [0.1, 0.15) is 0 Å². The molecule has 98 valence electrons. The van der Waals surface area contributed by atoms with E-state index in [1.165, 1.54) is 4.88 Å². The fraction of sp³-hybridized carbons (Fsp3) is 0.500. The maximum atomic E-state index is 10.9. The summed E-state index contributed by atoms with van der Waals surface area (Å²) in [6.45, 7) is 5.98. The lowest BCUT2D eigenvalue weighted by atomic mass is 9.88. The molecule has 4 heteroatoms. The fourth-order valence-electron chi connectivity index (χ4n) is 2.02. The van der Waals surface area contributed by atoms with Gasteiger partial charge in [-0.3, -0.25) is 0 Å². The van der Waals surface area contributed by atoms with Gasteiger partial charge < -0.3 is 10.2 Å². The van der Waals surface area contributed by atoms with Crippen LogP contribution in [-0.4, -0.2) is 16.2 Å². The maximum absolute atomic E-state index is 10.9. The molecule has 3 nitrogen and oxygen atoms in total. The van der Waals surface area contributed by atoms with Crippen molar-refractivity contribution in [1.29, 1.82) is 0 Å². The summed E-state index contributed by atoms with van der Waals surface area (Å²) in [6, 6.07) is 1.93. The van der Waals surface area contributed by atoms with Crippen LogP contribution >= 0.6 is 11.3 Å². The predicted octanol–water partition coefficient (Wildman–Crippen LogP) is 3.24. The summed E-state index contributed by atoms with van der Waals surface area (Å²) in [6.07, 6.45) is 2.56. The second-order valence-corrected chi connectivity index (χ2v) is 6.94. The Hall–Kier alpha value is -1.13. The summed E-state index contributed by atoms with van der Waals surface area (Å²) in [5.41, 5.74) is 1.21. The first kappa shape index (κ1) is 13.3. The third-order valence-corrected chi connectivity index (χ3v) is 4.44. The first-order valence-corrected chi connectivity index (χ1v) is 6.85. The number of hydrogen-bond donors (Lipinski definition) is 2. The molecule has 0 fully saturated rings. The van der Waals surface area contributed by atoms with Crippen LogP contribution in [0.15, 0.2) is 11.6 Å². The zero-order valence-electron chi connectivity index (χ0n) is 10.9. The van der Waals surface area contributed by atoms with E-state index in [2.05, 4.69) is 0 Å². The number of carbonyl (C=O) groups is 1. The van der Waals surface area contributed by atoms with Gasteiger partial charge in [-0.15, -0.1) is 11.3 Å². The topological polar surface area (TPSA) is 57.5 Å². The van der Waals surface area contributed by atoms with Crippen molar-refractivity contribution in [2.45, 2.75) is 39.7 Å². The molecule has 0 bridgehead atoms. The third kappa shape index (κ3) is 2.49. The summed E-state index contributed by atoms with van der Waals surface area (Å²) in [5.74, 6) is -0.843. The lowest BCUT2D eigenvalue weighted by molar-refractivity contribution is -0.132. The van der Waals surface area contributed by atoms with Crippen molar-refractivity contribution in [2.75, 3.05) is 0 Å². The van der Waals surface area contributed by atoms with E-state index in [4.69, 9.17) is 5.11 Å². The van der Waals surface area contributed by atoms with Gasteiger partial charge in [0, 0.05) is 15.3 Å². The van der Waals surface area contributed by atoms with Gasteiger partial charge in [-0.1, -0.05) is 20.8 Å². The fourth-order valence-corrected chi connectivity index (χ4v) is 3.40. The van der Waals surface area contributed by atoms with Crippen LogP contribution in [0, 0.1) is 5.41 Å². The second-order valence-electron chi connectivity index (χ2n) is 5.77. The second kappa shape index (κ2) is 4.52. The van der Waals surface area contributed by atoms with Crippen molar-refractivity contribution in [3.63, 3.8) is 0 Å². The minimum absolute atomic E-state index is 0.202. The normalized spacial score (nSPS) is 17.0. The molecule has 0 aliphatic heterocycles. The molecule has 0 aromatic carbocycles. The van der Waals surface area contributed by atoms with Crippen molar-refractivity contribution in [3.8, 4) is 0 Å². The van der Waals surface area contributed by atoms with E-state index >= 15 is 0 Å². The third-order valence-electron chi connectivity index (χ3n) is 3.18. The Bertz CT molecular complexity index is 506. The Labute approximate surface area is 111 Å². The average molecular weight is 266 g/mol. The SMILES string of the molecule is CC(C)(C)C(O)c1cc2c(s1)CCC(C(=O)O)=C2. The van der Waals surface area contributed by atoms with Gasteiger partial charge in [-0.25, -0.2) is 4.79 Å². The van der Waals surface area contributed by atoms with E-state index in [0.717, 1.165) is 16.9 Å². The zero-order chi connectivity index (χ0) is 13.5. The highest BCUT2D eigenvalue weighted by Gasteiger charge is 2.27. The molecule has 1 unspecified atom stereocenters. The molecule has 0 spiro atoms. The number of fused-ring (bicyclic) bond motifs is 1. The summed E-state index contributed by atoms with van der Waals surface area (Å²) in [7, 11) is 0. The van der Waals surface area contributed by atoms with Gasteiger partial charge in [0.15, 0.2) is 0 Å². The number of aliphatic hydroxyl groups excluding tert-OH is 1. The summed E-state index contributed by atoms with van der Waals surface area (Å²) in [5, 5.41) is 19.2. The highest BCUT2D eigenvalue weighted by atomic mass is 32.1. The van der Waals surface area contributed by atoms with Crippen molar-refractivity contribution >= 4 is 23.4 Å². The summed E-state index contributed by atoms with van der Waals surface area (Å²) >= 11 is 1.60. The summed E-state index contributed by atoms with van der Waals surface area (Å²) in [4.78, 5) is 13.1. The Morgan fingerprint density at radius 3 is 2.61 bits per heavy atom. The van der Waals surface area contributed by atoms with Crippen LogP contribution in [0.2, 0.25) is 0 Å². The van der Waals surface area contributed by atoms with Gasteiger partial charge in [-0.2, -0.15) is 0 Å². The Morgan fingerprint density at radius 2 is 2.06 bits per heavy atom. The monoisotopic (exact) mass is 266 g/mol. The van der Waals surface area contributed by atoms with E-state index in [1.54, 1.807) is 17.4 Å². The molecule has 1 heterocycles. The number of rotatable bonds is 2. The number of carboxylic acid groups (broad SMARTS) is 1. The first-order valence-electron chi connectivity index (χ1n) is 6.03. The lowest BCUT2D eigenvalue weighted by Crippen LogP contribution is -2.16. The van der Waals surface area contributed by atoms with Crippen molar-refractivity contribution in [1.82, 2.24) is 0 Å². The van der Waals surface area contributed by atoms with Crippen LogP contribution in [0.25, 0.3) is 6.08 Å². The van der Waals surface area contributed by atoms with Crippen LogP contribution < -0.4 is 0 Å². The quantitative estimate of drug-likeness (QED) is 0.864. The van der Waals surface area contributed by atoms with Crippen LogP contribution in [0.4, 0.5) is 0 Å². The van der Waals surface area contributed by atoms with E-state index in [-0.39, 0.29) is 5.41 Å². The molecule has 0 amide bonds. The average Bonchev–Trinajstić information content (AvgIpc) is 2.68. The molecule has 18 heavy (non-hydrogen) atoms. The van der Waals surface area contributed by atoms with Gasteiger partial charge in [0.25, 0.3) is 0 Å². The maximum Gasteiger partial charge on any atom is 0.331 e. The molecule has 1 aliphatic carbocycles. The molecule has 2 rings (SSSR count). The van der Waals surface area contributed by atoms with Crippen LogP contribution in [0.3, 0.4) is 0 Å². The molecule has 0 saturated carbocycles. The molecular formula is C14H18O3S. The van der Waals surface area contributed by atoms with Gasteiger partial charge >= 0.3 is 5.97 Å². The molecule has 2 N–H and O–H groups in total. The van der Waals surface area contributed by atoms with E-state index in [0.29, 0.717) is 12.0 Å². The minimum atomic E-state index is -0.843. The molecule has 0 radical (unpaired) electrons. The Kier molecular flexibility index (Phi) is 3.34. The smallest absolute Gasteiger partial charge is 0.331 e. The van der Waals surface area contributed by atoms with Gasteiger partial charge in [0.05, 0.1) is 6.10 Å². The zero-order valence-corrected chi connectivity index (χ0v) is 11.7. The first-order chi connectivity index (χ1) is 8.29. The van der Waals surface area contributed by atoms with Gasteiger partial charge in [0.2, 0.25) is 0 Å². The Morgan fingerprint density at radius 1 is 1.39 bits per heavy atom. The molecule has 0 saturated heterocycles. The van der Waals surface area contributed by atoms with Crippen LogP contribution in [0.5, 0.6) is 0 Å². The van der Waals surface area contributed by atoms with Gasteiger partial charge in [-0.05, 0) is 36.0 Å². The number of aliphatic carboxylic acids is 1. The number of thiophene rings is 1. The highest BCUT2D eigenvalue weighted by molar-refractivity contribution is 7.12. The standard InChI is InChI=1S/C14H18O3S/c1-14(2,3)12(15)11-7-9-6-8(13(16)17)4-5-10(9)18-11/h6-7,12,15H,4-5H2,1-3H3,(H,16,17). The Balaban J connectivity index is 2.34. The molecule has 1 aromatic rings. The summed E-state index contributed by atoms with van der Waals surface area (Å²) < 4.78 is 0. The molecule has 1 aliphatic rings. The largest absolute Gasteiger partial charge is 0.478 e. The van der Waals surface area contributed by atoms with E-state index < -0.39 is 12.1 Å². The molecule has 1 aromatic heterocycles. The lowest BCUT2D eigenvalue weighted by Gasteiger charge is -2.24. The van der Waals surface area contributed by atoms with Crippen LogP contribution in [0.1, 0.15) is 48.6 Å². The van der Waals surface area contributed by atoms with Crippen LogP contribution in [-0.2, 0) is 11.2 Å². The van der Waals surface area contributed by atoms with Crippen molar-refractivity contribution in [2.24, 2.45) is 5.41 Å². The number of aliphatic hydroxyl groups is 1. The molecular weight excluding hydrogens is 248 g/mol. The van der Waals surface area contributed by atoms with Crippen molar-refractivity contribution in [3.05, 3.63) is 27.0 Å². The number of hydrogen-bond acceptors (Lipinski definition) is 3. The minimum Gasteiger partial charge on any atom is -0.478 e. The number of carboxylic acids is 1. The predicted molar refractivity (Wildman–Crippen MR) is 72.7 cm³/mol. The highest BCUT2D eigenvalue weighted by Crippen LogP contribution is 2.40. The van der Waals surface area contributed by atoms with E-state index in [9.17, 15) is 9.90 Å². The van der Waals surface area contributed by atoms with E-state index in [1.807, 2.05) is 26.8 Å². The van der Waals surface area contributed by atoms with Crippen molar-refractivity contribution < 1.29 is 15.0 Å². The molecule has 1 atom stereocenters. The number of aryl methyl sites for hydroxylation is 1.